The highest BCUT2D eigenvalue weighted by Gasteiger charge is 1.87. The summed E-state index contributed by atoms with van der Waals surface area (Å²) in [7, 11) is 1.72. The van der Waals surface area contributed by atoms with Crippen LogP contribution in [-0.2, 0) is 0 Å². The third-order valence-corrected chi connectivity index (χ3v) is 1.48. The van der Waals surface area contributed by atoms with Crippen LogP contribution in [0.2, 0.25) is 0 Å². The van der Waals surface area contributed by atoms with Crippen molar-refractivity contribution in [2.24, 2.45) is 5.10 Å². The Morgan fingerprint density at radius 1 is 1.69 bits per heavy atom. The first-order chi connectivity index (χ1) is 6.33. The lowest BCUT2D eigenvalue weighted by Crippen LogP contribution is -2.28. The minimum atomic E-state index is 0.458. The molecule has 0 fully saturated rings. The predicted octanol–water partition coefficient (Wildman–Crippen LogP) is -0.0956. The van der Waals surface area contributed by atoms with Gasteiger partial charge in [0.25, 0.3) is 0 Å². The van der Waals surface area contributed by atoms with Gasteiger partial charge in [-0.25, -0.2) is 0 Å². The molecule has 0 amide bonds. The standard InChI is InChI=1S/C7H9N5S/c1-8-7(13)12-10-5-6-3-2-4-9-11-6/h2-5H,1H3,(H2,8,12,13)/b10-5+. The first kappa shape index (κ1) is 9.53. The molecule has 0 spiro atoms. The smallest absolute Gasteiger partial charge is 0.186 e. The van der Waals surface area contributed by atoms with E-state index in [-0.39, 0.29) is 0 Å². The summed E-state index contributed by atoms with van der Waals surface area (Å²) >= 11 is 4.80. The molecule has 1 aromatic heterocycles. The summed E-state index contributed by atoms with van der Waals surface area (Å²) in [5, 5.41) is 14.5. The van der Waals surface area contributed by atoms with Crippen molar-refractivity contribution in [1.82, 2.24) is 20.9 Å². The van der Waals surface area contributed by atoms with Gasteiger partial charge < -0.3 is 5.32 Å². The summed E-state index contributed by atoms with van der Waals surface area (Å²) in [6.07, 6.45) is 3.14. The topological polar surface area (TPSA) is 62.2 Å². The molecule has 0 aliphatic heterocycles. The summed E-state index contributed by atoms with van der Waals surface area (Å²) in [5.41, 5.74) is 3.28. The number of nitrogens with one attached hydrogen (secondary N) is 2. The molecule has 2 N–H and O–H groups in total. The third kappa shape index (κ3) is 3.57. The van der Waals surface area contributed by atoms with Crippen molar-refractivity contribution >= 4 is 23.5 Å². The molecule has 1 heterocycles. The van der Waals surface area contributed by atoms with Crippen LogP contribution < -0.4 is 10.7 Å². The highest BCUT2D eigenvalue weighted by Crippen LogP contribution is 1.84. The fraction of sp³-hybridized carbons (Fsp3) is 0.143. The van der Waals surface area contributed by atoms with Crippen molar-refractivity contribution < 1.29 is 0 Å². The molecule has 0 bridgehead atoms. The van der Waals surface area contributed by atoms with Gasteiger partial charge in [-0.3, -0.25) is 5.43 Å². The summed E-state index contributed by atoms with van der Waals surface area (Å²) in [5.74, 6) is 0. The minimum Gasteiger partial charge on any atom is -0.364 e. The quantitative estimate of drug-likeness (QED) is 0.392. The predicted molar refractivity (Wildman–Crippen MR) is 54.4 cm³/mol. The van der Waals surface area contributed by atoms with Gasteiger partial charge in [-0.15, -0.1) is 5.10 Å². The largest absolute Gasteiger partial charge is 0.364 e. The molecule has 68 valence electrons. The Morgan fingerprint density at radius 2 is 2.54 bits per heavy atom. The van der Waals surface area contributed by atoms with Crippen LogP contribution in [0.15, 0.2) is 23.4 Å². The molecule has 1 rings (SSSR count). The van der Waals surface area contributed by atoms with Crippen molar-refractivity contribution in [3.05, 3.63) is 24.0 Å². The van der Waals surface area contributed by atoms with E-state index in [1.165, 1.54) is 6.21 Å². The van der Waals surface area contributed by atoms with Crippen LogP contribution in [0.1, 0.15) is 5.69 Å². The van der Waals surface area contributed by atoms with Crippen LogP contribution in [0.5, 0.6) is 0 Å². The van der Waals surface area contributed by atoms with E-state index in [1.54, 1.807) is 25.4 Å². The lowest BCUT2D eigenvalue weighted by Gasteiger charge is -1.98. The number of hydrazone groups is 1. The van der Waals surface area contributed by atoms with Crippen LogP contribution in [0.25, 0.3) is 0 Å². The second-order valence-electron chi connectivity index (χ2n) is 2.10. The Balaban J connectivity index is 2.45. The molecule has 0 saturated carbocycles. The molecule has 13 heavy (non-hydrogen) atoms. The van der Waals surface area contributed by atoms with Gasteiger partial charge in [0.05, 0.1) is 6.21 Å². The normalized spacial score (nSPS) is 9.92. The first-order valence-corrected chi connectivity index (χ1v) is 4.02. The number of nitrogens with zero attached hydrogens (tertiary/aromatic N) is 3. The van der Waals surface area contributed by atoms with Gasteiger partial charge in [-0.2, -0.15) is 10.2 Å². The third-order valence-electron chi connectivity index (χ3n) is 1.18. The van der Waals surface area contributed by atoms with Crippen molar-refractivity contribution in [2.75, 3.05) is 7.05 Å². The molecule has 0 aliphatic carbocycles. The van der Waals surface area contributed by atoms with Gasteiger partial charge in [0.2, 0.25) is 0 Å². The maximum Gasteiger partial charge on any atom is 0.186 e. The zero-order chi connectivity index (χ0) is 9.52. The molecule has 0 atom stereocenters. The fourth-order valence-electron chi connectivity index (χ4n) is 0.595. The van der Waals surface area contributed by atoms with Gasteiger partial charge in [0.15, 0.2) is 5.11 Å². The molecular weight excluding hydrogens is 186 g/mol. The van der Waals surface area contributed by atoms with E-state index in [0.717, 1.165) is 0 Å². The van der Waals surface area contributed by atoms with Gasteiger partial charge >= 0.3 is 0 Å². The van der Waals surface area contributed by atoms with Crippen molar-refractivity contribution in [1.29, 1.82) is 0 Å². The highest BCUT2D eigenvalue weighted by atomic mass is 32.1. The van der Waals surface area contributed by atoms with Crippen LogP contribution >= 0.6 is 12.2 Å². The van der Waals surface area contributed by atoms with Crippen molar-refractivity contribution in [3.63, 3.8) is 0 Å². The Hall–Kier alpha value is -1.56. The molecule has 0 unspecified atom stereocenters. The van der Waals surface area contributed by atoms with E-state index in [9.17, 15) is 0 Å². The number of aromatic nitrogens is 2. The lowest BCUT2D eigenvalue weighted by atomic mass is 10.4. The zero-order valence-corrected chi connectivity index (χ0v) is 7.88. The van der Waals surface area contributed by atoms with Gasteiger partial charge in [0.1, 0.15) is 5.69 Å². The van der Waals surface area contributed by atoms with Crippen LogP contribution in [0.4, 0.5) is 0 Å². The SMILES string of the molecule is CNC(=S)N/N=C/c1cccnn1. The van der Waals surface area contributed by atoms with Gasteiger partial charge in [-0.1, -0.05) is 0 Å². The fourth-order valence-corrected chi connectivity index (χ4v) is 0.648. The number of rotatable bonds is 2. The average Bonchev–Trinajstić information content (AvgIpc) is 2.19. The monoisotopic (exact) mass is 195 g/mol. The van der Waals surface area contributed by atoms with Gasteiger partial charge in [-0.05, 0) is 24.4 Å². The number of hydrogen-bond donors (Lipinski definition) is 2. The van der Waals surface area contributed by atoms with Crippen molar-refractivity contribution in [2.45, 2.75) is 0 Å². The second-order valence-corrected chi connectivity index (χ2v) is 2.51. The Morgan fingerprint density at radius 3 is 3.15 bits per heavy atom. The molecule has 0 radical (unpaired) electrons. The van der Waals surface area contributed by atoms with E-state index in [4.69, 9.17) is 12.2 Å². The summed E-state index contributed by atoms with van der Waals surface area (Å²) in [4.78, 5) is 0. The van der Waals surface area contributed by atoms with Gasteiger partial charge in [0, 0.05) is 13.2 Å². The Labute approximate surface area is 81.3 Å². The molecule has 5 nitrogen and oxygen atoms in total. The lowest BCUT2D eigenvalue weighted by molar-refractivity contribution is 0.971. The number of thiocarbonyl (C=S) groups is 1. The summed E-state index contributed by atoms with van der Waals surface area (Å²) in [6.45, 7) is 0. The molecule has 0 aliphatic rings. The maximum absolute atomic E-state index is 4.80. The van der Waals surface area contributed by atoms with E-state index in [2.05, 4.69) is 26.0 Å². The van der Waals surface area contributed by atoms with Crippen LogP contribution in [0.3, 0.4) is 0 Å². The van der Waals surface area contributed by atoms with Crippen molar-refractivity contribution in [3.8, 4) is 0 Å². The van der Waals surface area contributed by atoms with E-state index < -0.39 is 0 Å². The second kappa shape index (κ2) is 5.15. The van der Waals surface area contributed by atoms with E-state index in [0.29, 0.717) is 10.8 Å². The van der Waals surface area contributed by atoms with Crippen LogP contribution in [-0.4, -0.2) is 28.6 Å². The maximum atomic E-state index is 4.80. The summed E-state index contributed by atoms with van der Waals surface area (Å²) < 4.78 is 0. The molecular formula is C7H9N5S. The summed E-state index contributed by atoms with van der Waals surface area (Å²) in [6, 6.07) is 3.57. The average molecular weight is 195 g/mol. The Kier molecular flexibility index (Phi) is 3.77. The minimum absolute atomic E-state index is 0.458. The first-order valence-electron chi connectivity index (χ1n) is 3.61. The molecule has 1 aromatic rings. The molecule has 6 heteroatoms. The van der Waals surface area contributed by atoms with E-state index >= 15 is 0 Å². The highest BCUT2D eigenvalue weighted by molar-refractivity contribution is 7.80. The van der Waals surface area contributed by atoms with E-state index in [1.807, 2.05) is 0 Å². The molecule has 0 saturated heterocycles. The zero-order valence-electron chi connectivity index (χ0n) is 7.06. The number of hydrogen-bond acceptors (Lipinski definition) is 4. The molecule has 0 aromatic carbocycles. The Bertz CT molecular complexity index is 297. The van der Waals surface area contributed by atoms with Crippen LogP contribution in [0, 0.1) is 0 Å².